The van der Waals surface area contributed by atoms with E-state index in [-0.39, 0.29) is 17.4 Å². The minimum atomic E-state index is -0.271. The van der Waals surface area contributed by atoms with Crippen LogP contribution in [0.4, 0.5) is 0 Å². The first kappa shape index (κ1) is 13.4. The summed E-state index contributed by atoms with van der Waals surface area (Å²) in [5.41, 5.74) is 5.29. The first-order valence-electron chi connectivity index (χ1n) is 5.84. The Morgan fingerprint density at radius 3 is 2.65 bits per heavy atom. The molecule has 1 aromatic rings. The molecule has 1 heterocycles. The van der Waals surface area contributed by atoms with Crippen molar-refractivity contribution in [2.75, 3.05) is 13.1 Å². The molecule has 0 saturated heterocycles. The van der Waals surface area contributed by atoms with E-state index >= 15 is 0 Å². The van der Waals surface area contributed by atoms with Gasteiger partial charge in [0.25, 0.3) is 0 Å². The molecule has 0 aliphatic rings. The molecule has 0 bridgehead atoms. The topological polar surface area (TPSA) is 77.1 Å². The summed E-state index contributed by atoms with van der Waals surface area (Å²) < 4.78 is 1.76. The number of rotatable bonds is 6. The molecule has 5 heteroatoms. The number of carbonyl (C=O) groups excluding carboxylic acids is 1. The molecule has 0 aromatic carbocycles. The molecular formula is C12H19N3O2. The lowest BCUT2D eigenvalue weighted by atomic mass is 10.1. The molecule has 0 fully saturated rings. The van der Waals surface area contributed by atoms with Crippen LogP contribution in [0.5, 0.6) is 0 Å². The number of amides is 1. The Hall–Kier alpha value is -1.62. The minimum absolute atomic E-state index is 0.0547. The fourth-order valence-corrected chi connectivity index (χ4v) is 1.63. The molecule has 3 N–H and O–H groups in total. The second-order valence-electron chi connectivity index (χ2n) is 3.87. The van der Waals surface area contributed by atoms with Crippen molar-refractivity contribution in [2.45, 2.75) is 25.8 Å². The van der Waals surface area contributed by atoms with Gasteiger partial charge in [0.2, 0.25) is 5.91 Å². The van der Waals surface area contributed by atoms with Gasteiger partial charge in [0, 0.05) is 37.6 Å². The summed E-state index contributed by atoms with van der Waals surface area (Å²) >= 11 is 0. The standard InChI is InChI=1S/C12H19N3O2/c1-2-3-11(12(17)14-7-6-13)15-8-4-10(16)5-9-15/h4-5,8-9,11H,2-3,6-7,13H2,1H3,(H,14,17). The summed E-state index contributed by atoms with van der Waals surface area (Å²) in [5, 5.41) is 2.77. The van der Waals surface area contributed by atoms with Crippen LogP contribution in [0.2, 0.25) is 0 Å². The third-order valence-electron chi connectivity index (χ3n) is 2.49. The normalized spacial score (nSPS) is 12.1. The van der Waals surface area contributed by atoms with Crippen molar-refractivity contribution in [1.29, 1.82) is 0 Å². The largest absolute Gasteiger partial charge is 0.353 e. The van der Waals surface area contributed by atoms with Crippen LogP contribution >= 0.6 is 0 Å². The van der Waals surface area contributed by atoms with E-state index in [1.165, 1.54) is 12.1 Å². The zero-order chi connectivity index (χ0) is 12.7. The second-order valence-corrected chi connectivity index (χ2v) is 3.87. The summed E-state index contributed by atoms with van der Waals surface area (Å²) in [5.74, 6) is -0.0547. The predicted molar refractivity (Wildman–Crippen MR) is 66.7 cm³/mol. The summed E-state index contributed by atoms with van der Waals surface area (Å²) in [6.45, 7) is 2.92. The molecule has 0 spiro atoms. The highest BCUT2D eigenvalue weighted by Crippen LogP contribution is 2.12. The first-order chi connectivity index (χ1) is 8.19. The molecule has 17 heavy (non-hydrogen) atoms. The average Bonchev–Trinajstić information content (AvgIpc) is 2.34. The van der Waals surface area contributed by atoms with Gasteiger partial charge >= 0.3 is 0 Å². The number of nitrogens with zero attached hydrogens (tertiary/aromatic N) is 1. The van der Waals surface area contributed by atoms with Crippen LogP contribution in [-0.2, 0) is 4.79 Å². The van der Waals surface area contributed by atoms with Gasteiger partial charge in [-0.3, -0.25) is 9.59 Å². The number of aromatic nitrogens is 1. The number of carbonyl (C=O) groups is 1. The summed E-state index contributed by atoms with van der Waals surface area (Å²) in [4.78, 5) is 22.9. The molecule has 94 valence electrons. The summed E-state index contributed by atoms with van der Waals surface area (Å²) in [6.07, 6.45) is 4.92. The van der Waals surface area contributed by atoms with Gasteiger partial charge in [-0.1, -0.05) is 13.3 Å². The molecule has 5 nitrogen and oxygen atoms in total. The quantitative estimate of drug-likeness (QED) is 0.745. The van der Waals surface area contributed by atoms with Gasteiger partial charge < -0.3 is 15.6 Å². The van der Waals surface area contributed by atoms with Gasteiger partial charge in [0.15, 0.2) is 5.43 Å². The van der Waals surface area contributed by atoms with Crippen LogP contribution in [0.1, 0.15) is 25.8 Å². The van der Waals surface area contributed by atoms with Gasteiger partial charge in [-0.05, 0) is 6.42 Å². The maximum atomic E-state index is 11.9. The van der Waals surface area contributed by atoms with Crippen LogP contribution in [0, 0.1) is 0 Å². The van der Waals surface area contributed by atoms with E-state index in [1.54, 1.807) is 17.0 Å². The molecular weight excluding hydrogens is 218 g/mol. The Bertz CT molecular complexity index is 394. The lowest BCUT2D eigenvalue weighted by molar-refractivity contribution is -0.124. The van der Waals surface area contributed by atoms with E-state index in [1.807, 2.05) is 6.92 Å². The number of nitrogens with two attached hydrogens (primary N) is 1. The van der Waals surface area contributed by atoms with E-state index < -0.39 is 0 Å². The summed E-state index contributed by atoms with van der Waals surface area (Å²) in [6, 6.07) is 2.64. The maximum Gasteiger partial charge on any atom is 0.243 e. The summed E-state index contributed by atoms with van der Waals surface area (Å²) in [7, 11) is 0. The van der Waals surface area contributed by atoms with Crippen molar-refractivity contribution in [3.05, 3.63) is 34.7 Å². The number of pyridine rings is 1. The van der Waals surface area contributed by atoms with Crippen molar-refractivity contribution in [3.63, 3.8) is 0 Å². The molecule has 1 unspecified atom stereocenters. The predicted octanol–water partition coefficient (Wildman–Crippen LogP) is 0.264. The molecule has 1 atom stereocenters. The fraction of sp³-hybridized carbons (Fsp3) is 0.500. The smallest absolute Gasteiger partial charge is 0.243 e. The number of hydrogen-bond acceptors (Lipinski definition) is 3. The van der Waals surface area contributed by atoms with Gasteiger partial charge in [-0.25, -0.2) is 0 Å². The minimum Gasteiger partial charge on any atom is -0.353 e. The third kappa shape index (κ3) is 4.03. The Morgan fingerprint density at radius 2 is 2.12 bits per heavy atom. The van der Waals surface area contributed by atoms with Crippen LogP contribution in [0.3, 0.4) is 0 Å². The highest BCUT2D eigenvalue weighted by Gasteiger charge is 2.17. The lowest BCUT2D eigenvalue weighted by Crippen LogP contribution is -2.35. The van der Waals surface area contributed by atoms with Crippen LogP contribution in [-0.4, -0.2) is 23.6 Å². The van der Waals surface area contributed by atoms with Gasteiger partial charge in [0.1, 0.15) is 6.04 Å². The number of hydrogen-bond donors (Lipinski definition) is 2. The van der Waals surface area contributed by atoms with Crippen molar-refractivity contribution >= 4 is 5.91 Å². The van der Waals surface area contributed by atoms with Gasteiger partial charge in [0.05, 0.1) is 0 Å². The van der Waals surface area contributed by atoms with E-state index in [0.717, 1.165) is 12.8 Å². The van der Waals surface area contributed by atoms with Crippen LogP contribution < -0.4 is 16.5 Å². The third-order valence-corrected chi connectivity index (χ3v) is 2.49. The highest BCUT2D eigenvalue weighted by molar-refractivity contribution is 5.80. The zero-order valence-electron chi connectivity index (χ0n) is 10.1. The van der Waals surface area contributed by atoms with E-state index in [2.05, 4.69) is 5.32 Å². The SMILES string of the molecule is CCCC(C(=O)NCCN)n1ccc(=O)cc1. The van der Waals surface area contributed by atoms with Crippen molar-refractivity contribution in [3.8, 4) is 0 Å². The van der Waals surface area contributed by atoms with Gasteiger partial charge in [-0.15, -0.1) is 0 Å². The molecule has 0 aliphatic carbocycles. The maximum absolute atomic E-state index is 11.9. The van der Waals surface area contributed by atoms with E-state index in [0.29, 0.717) is 13.1 Å². The van der Waals surface area contributed by atoms with Gasteiger partial charge in [-0.2, -0.15) is 0 Å². The Labute approximate surface area is 101 Å². The van der Waals surface area contributed by atoms with Crippen LogP contribution in [0.25, 0.3) is 0 Å². The Balaban J connectivity index is 2.80. The monoisotopic (exact) mass is 237 g/mol. The Kier molecular flexibility index (Phi) is 5.42. The molecule has 1 amide bonds. The molecule has 1 rings (SSSR count). The molecule has 1 aromatic heterocycles. The lowest BCUT2D eigenvalue weighted by Gasteiger charge is -2.19. The molecule has 0 aliphatic heterocycles. The highest BCUT2D eigenvalue weighted by atomic mass is 16.2. The van der Waals surface area contributed by atoms with Crippen molar-refractivity contribution in [1.82, 2.24) is 9.88 Å². The fourth-order valence-electron chi connectivity index (χ4n) is 1.63. The first-order valence-corrected chi connectivity index (χ1v) is 5.84. The Morgan fingerprint density at radius 1 is 1.47 bits per heavy atom. The van der Waals surface area contributed by atoms with Crippen molar-refractivity contribution in [2.24, 2.45) is 5.73 Å². The second kappa shape index (κ2) is 6.85. The zero-order valence-corrected chi connectivity index (χ0v) is 10.1. The van der Waals surface area contributed by atoms with E-state index in [4.69, 9.17) is 5.73 Å². The van der Waals surface area contributed by atoms with E-state index in [9.17, 15) is 9.59 Å². The molecule has 0 radical (unpaired) electrons. The molecule has 0 saturated carbocycles. The average molecular weight is 237 g/mol. The van der Waals surface area contributed by atoms with Crippen molar-refractivity contribution < 1.29 is 4.79 Å². The van der Waals surface area contributed by atoms with Crippen LogP contribution in [0.15, 0.2) is 29.3 Å². The number of nitrogens with one attached hydrogen (secondary N) is 1.